The first-order chi connectivity index (χ1) is 19.6. The van der Waals surface area contributed by atoms with E-state index < -0.39 is 36.2 Å². The average molecular weight is 567 g/mol. The smallest absolute Gasteiger partial charge is 0.462 e. The number of esters is 1. The number of nitrogens with zero attached hydrogens (tertiary/aromatic N) is 2. The van der Waals surface area contributed by atoms with Crippen LogP contribution in [0.5, 0.6) is 0 Å². The van der Waals surface area contributed by atoms with Crippen LogP contribution in [0.2, 0.25) is 0 Å². The Balaban J connectivity index is 1.67. The van der Waals surface area contributed by atoms with Gasteiger partial charge in [0.25, 0.3) is 5.91 Å². The summed E-state index contributed by atoms with van der Waals surface area (Å²) in [5.74, 6) is -2.33. The molecule has 0 saturated carbocycles. The normalized spacial score (nSPS) is 17.2. The largest absolute Gasteiger partial charge is 0.491 e. The van der Waals surface area contributed by atoms with Crippen molar-refractivity contribution in [2.24, 2.45) is 0 Å². The third kappa shape index (κ3) is 6.17. The first kappa shape index (κ1) is 28.1. The lowest BCUT2D eigenvalue weighted by molar-refractivity contribution is -0.160. The van der Waals surface area contributed by atoms with Crippen molar-refractivity contribution in [2.45, 2.75) is 44.3 Å². The Morgan fingerprint density at radius 2 is 1.59 bits per heavy atom. The maximum absolute atomic E-state index is 14.4. The van der Waals surface area contributed by atoms with Gasteiger partial charge in [0.1, 0.15) is 11.9 Å². The molecule has 41 heavy (non-hydrogen) atoms. The van der Waals surface area contributed by atoms with Gasteiger partial charge in [-0.1, -0.05) is 48.5 Å². The lowest BCUT2D eigenvalue weighted by Gasteiger charge is -2.26. The van der Waals surface area contributed by atoms with Crippen LogP contribution in [0.15, 0.2) is 91.1 Å². The van der Waals surface area contributed by atoms with Gasteiger partial charge in [0.2, 0.25) is 0 Å². The first-order valence-electron chi connectivity index (χ1n) is 13.0. The summed E-state index contributed by atoms with van der Waals surface area (Å²) in [5, 5.41) is 10.0. The van der Waals surface area contributed by atoms with Gasteiger partial charge in [-0.25, -0.2) is 9.29 Å². The lowest BCUT2D eigenvalue weighted by atomic mass is 9.97. The summed E-state index contributed by atoms with van der Waals surface area (Å²) in [5.41, 5.74) is 1.05. The molecule has 2 atom stereocenters. The van der Waals surface area contributed by atoms with Gasteiger partial charge >= 0.3 is 12.3 Å². The Bertz CT molecular complexity index is 1520. The Morgan fingerprint density at radius 3 is 2.20 bits per heavy atom. The number of amides is 1. The van der Waals surface area contributed by atoms with Gasteiger partial charge < -0.3 is 14.4 Å². The van der Waals surface area contributed by atoms with Crippen LogP contribution in [0, 0.1) is 5.82 Å². The summed E-state index contributed by atoms with van der Waals surface area (Å²) in [6.07, 6.45) is -4.81. The molecule has 1 aliphatic rings. The highest BCUT2D eigenvalue weighted by Crippen LogP contribution is 2.40. The number of carbonyl (C=O) groups excluding carboxylic acids is 2. The molecule has 1 fully saturated rings. The van der Waals surface area contributed by atoms with Crippen LogP contribution in [0.1, 0.15) is 29.6 Å². The van der Waals surface area contributed by atoms with Gasteiger partial charge in [-0.2, -0.15) is 0 Å². The number of halogens is 4. The highest BCUT2D eigenvalue weighted by Gasteiger charge is 2.44. The van der Waals surface area contributed by atoms with E-state index in [0.29, 0.717) is 16.8 Å². The van der Waals surface area contributed by atoms with Gasteiger partial charge in [0.05, 0.1) is 29.5 Å². The molecule has 10 heteroatoms. The molecule has 0 aliphatic carbocycles. The maximum atomic E-state index is 14.4. The lowest BCUT2D eigenvalue weighted by Crippen LogP contribution is -2.43. The molecule has 1 amide bonds. The van der Waals surface area contributed by atoms with E-state index in [1.54, 1.807) is 41.0 Å². The number of alkyl halides is 3. The van der Waals surface area contributed by atoms with Gasteiger partial charge in [0.15, 0.2) is 0 Å². The molecule has 0 bridgehead atoms. The van der Waals surface area contributed by atoms with E-state index >= 15 is 0 Å². The second-order valence-corrected chi connectivity index (χ2v) is 9.77. The number of anilines is 1. The minimum Gasteiger partial charge on any atom is -0.462 e. The molecule has 0 spiro atoms. The molecule has 1 saturated heterocycles. The third-order valence-electron chi connectivity index (χ3n) is 6.89. The Kier molecular flexibility index (Phi) is 7.94. The number of ether oxygens (including phenoxy) is 1. The standard InChI is InChI=1S/C31H26F4N2O4/c32-22-13-11-21(12-14-22)29-28(20-7-3-1-4-8-20)26(19-36(29)16-15-25-17-24(38)18-27(39)41-25)30(40)37(31(33,34)35)23-9-5-2-6-10-23/h1-14,19,24-25,38H,15-18H2/t24-,25-/m0/s1. The van der Waals surface area contributed by atoms with Crippen LogP contribution in [0.3, 0.4) is 0 Å². The molecule has 5 rings (SSSR count). The van der Waals surface area contributed by atoms with E-state index in [1.165, 1.54) is 54.7 Å². The number of rotatable bonds is 7. The second-order valence-electron chi connectivity index (χ2n) is 9.77. The van der Waals surface area contributed by atoms with Crippen LogP contribution < -0.4 is 4.90 Å². The van der Waals surface area contributed by atoms with E-state index in [0.717, 1.165) is 0 Å². The Hall–Kier alpha value is -4.44. The van der Waals surface area contributed by atoms with Gasteiger partial charge in [0, 0.05) is 31.1 Å². The van der Waals surface area contributed by atoms with Gasteiger partial charge in [-0.15, -0.1) is 13.2 Å². The zero-order valence-corrected chi connectivity index (χ0v) is 21.7. The van der Waals surface area contributed by atoms with Crippen LogP contribution in [0.4, 0.5) is 23.2 Å². The van der Waals surface area contributed by atoms with Crippen molar-refractivity contribution in [3.05, 3.63) is 103 Å². The molecule has 1 aromatic heterocycles. The summed E-state index contributed by atoms with van der Waals surface area (Å²) in [4.78, 5) is 25.5. The number of para-hydroxylation sites is 1. The monoisotopic (exact) mass is 566 g/mol. The Labute approximate surface area is 233 Å². The number of aliphatic hydroxyl groups is 1. The molecule has 4 aromatic rings. The zero-order chi connectivity index (χ0) is 29.1. The molecular formula is C31H26F4N2O4. The molecule has 6 nitrogen and oxygen atoms in total. The van der Waals surface area contributed by atoms with Crippen molar-refractivity contribution in [1.29, 1.82) is 0 Å². The summed E-state index contributed by atoms with van der Waals surface area (Å²) < 4.78 is 64.1. The second kappa shape index (κ2) is 11.6. The summed E-state index contributed by atoms with van der Waals surface area (Å²) in [7, 11) is 0. The predicted molar refractivity (Wildman–Crippen MR) is 144 cm³/mol. The number of benzene rings is 3. The summed E-state index contributed by atoms with van der Waals surface area (Å²) in [6.45, 7) is 0.141. The molecular weight excluding hydrogens is 540 g/mol. The zero-order valence-electron chi connectivity index (χ0n) is 21.7. The van der Waals surface area contributed by atoms with E-state index in [4.69, 9.17) is 4.74 Å². The van der Waals surface area contributed by atoms with Crippen LogP contribution in [-0.2, 0) is 16.1 Å². The first-order valence-corrected chi connectivity index (χ1v) is 13.0. The number of carbonyl (C=O) groups is 2. The molecule has 0 unspecified atom stereocenters. The van der Waals surface area contributed by atoms with Crippen molar-refractivity contribution < 1.29 is 37.0 Å². The number of aryl methyl sites for hydroxylation is 1. The maximum Gasteiger partial charge on any atom is 0.491 e. The fraction of sp³-hybridized carbons (Fsp3) is 0.226. The molecule has 0 radical (unpaired) electrons. The van der Waals surface area contributed by atoms with Gasteiger partial charge in [-0.3, -0.25) is 9.59 Å². The molecule has 1 N–H and O–H groups in total. The predicted octanol–water partition coefficient (Wildman–Crippen LogP) is 6.58. The van der Waals surface area contributed by atoms with E-state index in [9.17, 15) is 32.3 Å². The average Bonchev–Trinajstić information content (AvgIpc) is 3.32. The fourth-order valence-corrected chi connectivity index (χ4v) is 5.11. The van der Waals surface area contributed by atoms with Crippen molar-refractivity contribution in [3.8, 4) is 22.4 Å². The highest BCUT2D eigenvalue weighted by atomic mass is 19.4. The van der Waals surface area contributed by atoms with Crippen molar-refractivity contribution >= 4 is 17.6 Å². The van der Waals surface area contributed by atoms with Crippen molar-refractivity contribution in [1.82, 2.24) is 4.57 Å². The number of hydrogen-bond acceptors (Lipinski definition) is 4. The van der Waals surface area contributed by atoms with Crippen molar-refractivity contribution in [2.75, 3.05) is 4.90 Å². The van der Waals surface area contributed by atoms with E-state index in [2.05, 4.69) is 0 Å². The van der Waals surface area contributed by atoms with Crippen LogP contribution >= 0.6 is 0 Å². The number of cyclic esters (lactones) is 1. The van der Waals surface area contributed by atoms with E-state index in [1.807, 2.05) is 0 Å². The minimum atomic E-state index is -5.03. The quantitative estimate of drug-likeness (QED) is 0.156. The van der Waals surface area contributed by atoms with E-state index in [-0.39, 0.29) is 47.5 Å². The fourth-order valence-electron chi connectivity index (χ4n) is 5.11. The summed E-state index contributed by atoms with van der Waals surface area (Å²) >= 11 is 0. The van der Waals surface area contributed by atoms with Crippen molar-refractivity contribution in [3.63, 3.8) is 0 Å². The molecule has 212 valence electrons. The summed E-state index contributed by atoms with van der Waals surface area (Å²) in [6, 6.07) is 20.7. The molecule has 2 heterocycles. The topological polar surface area (TPSA) is 71.8 Å². The minimum absolute atomic E-state index is 0.107. The SMILES string of the molecule is O=C1C[C@@H](O)C[C@H](CCn2cc(C(=O)N(c3ccccc3)C(F)(F)F)c(-c3ccccc3)c2-c2ccc(F)cc2)O1. The number of aromatic nitrogens is 1. The molecule has 3 aromatic carbocycles. The molecule has 1 aliphatic heterocycles. The number of aliphatic hydroxyl groups excluding tert-OH is 1. The van der Waals surface area contributed by atoms with Gasteiger partial charge in [-0.05, 0) is 47.5 Å². The highest BCUT2D eigenvalue weighted by molar-refractivity contribution is 6.12. The Morgan fingerprint density at radius 1 is 0.951 bits per heavy atom. The van der Waals surface area contributed by atoms with Crippen LogP contribution in [-0.4, -0.2) is 40.1 Å². The van der Waals surface area contributed by atoms with Crippen LogP contribution in [0.25, 0.3) is 22.4 Å². The third-order valence-corrected chi connectivity index (χ3v) is 6.89. The number of hydrogen-bond donors (Lipinski definition) is 1.